The average Bonchev–Trinajstić information content (AvgIpc) is 3.32. The predicted molar refractivity (Wildman–Crippen MR) is 102 cm³/mol. The summed E-state index contributed by atoms with van der Waals surface area (Å²) in [4.78, 5) is 4.60. The van der Waals surface area contributed by atoms with Gasteiger partial charge in [-0.05, 0) is 49.2 Å². The summed E-state index contributed by atoms with van der Waals surface area (Å²) in [5, 5.41) is 5.03. The highest BCUT2D eigenvalue weighted by atomic mass is 35.5. The van der Waals surface area contributed by atoms with Crippen molar-refractivity contribution >= 4 is 33.2 Å². The molecule has 0 bridgehead atoms. The van der Waals surface area contributed by atoms with Crippen LogP contribution in [0.4, 0.5) is 0 Å². The van der Waals surface area contributed by atoms with Gasteiger partial charge in [0.15, 0.2) is 0 Å². The van der Waals surface area contributed by atoms with E-state index in [1.54, 1.807) is 30.3 Å². The summed E-state index contributed by atoms with van der Waals surface area (Å²) >= 11 is 11.9. The van der Waals surface area contributed by atoms with Crippen molar-refractivity contribution in [1.29, 1.82) is 0 Å². The fraction of sp³-hybridized carbons (Fsp3) is 0.222. The van der Waals surface area contributed by atoms with Crippen molar-refractivity contribution < 1.29 is 12.9 Å². The van der Waals surface area contributed by atoms with Crippen molar-refractivity contribution in [3.8, 4) is 11.4 Å². The summed E-state index contributed by atoms with van der Waals surface area (Å²) in [7, 11) is -3.69. The van der Waals surface area contributed by atoms with E-state index in [1.807, 2.05) is 6.07 Å². The molecular formula is C18H15Cl2N3O3S. The van der Waals surface area contributed by atoms with Crippen molar-refractivity contribution in [1.82, 2.24) is 14.4 Å². The summed E-state index contributed by atoms with van der Waals surface area (Å²) in [5.41, 5.74) is 0.711. The molecule has 0 amide bonds. The number of nitrogens with zero attached hydrogens (tertiary/aromatic N) is 3. The zero-order chi connectivity index (χ0) is 19.0. The predicted octanol–water partition coefficient (Wildman–Crippen LogP) is 4.57. The van der Waals surface area contributed by atoms with Gasteiger partial charge in [-0.25, -0.2) is 8.42 Å². The van der Waals surface area contributed by atoms with E-state index in [-0.39, 0.29) is 10.8 Å². The molecule has 140 valence electrons. The number of halogens is 2. The van der Waals surface area contributed by atoms with Gasteiger partial charge in [0.1, 0.15) is 6.04 Å². The molecule has 27 heavy (non-hydrogen) atoms. The lowest BCUT2D eigenvalue weighted by molar-refractivity contribution is 0.290. The van der Waals surface area contributed by atoms with Gasteiger partial charge in [-0.2, -0.15) is 9.29 Å². The number of hydrogen-bond donors (Lipinski definition) is 0. The molecule has 3 aromatic rings. The fourth-order valence-electron chi connectivity index (χ4n) is 3.13. The van der Waals surface area contributed by atoms with Crippen LogP contribution in [0.3, 0.4) is 0 Å². The molecule has 1 saturated heterocycles. The topological polar surface area (TPSA) is 76.3 Å². The first kappa shape index (κ1) is 18.4. The number of hydrogen-bond acceptors (Lipinski definition) is 5. The Kier molecular flexibility index (Phi) is 4.94. The summed E-state index contributed by atoms with van der Waals surface area (Å²) in [6.45, 7) is 0.393. The van der Waals surface area contributed by atoms with Gasteiger partial charge in [-0.15, -0.1) is 0 Å². The van der Waals surface area contributed by atoms with Crippen LogP contribution in [0.5, 0.6) is 0 Å². The maximum atomic E-state index is 13.0. The van der Waals surface area contributed by atoms with Crippen LogP contribution in [0.15, 0.2) is 57.9 Å². The van der Waals surface area contributed by atoms with Crippen molar-refractivity contribution in [3.63, 3.8) is 0 Å². The summed E-state index contributed by atoms with van der Waals surface area (Å²) in [6, 6.07) is 12.7. The third-order valence-electron chi connectivity index (χ3n) is 4.43. The number of benzene rings is 2. The lowest BCUT2D eigenvalue weighted by Crippen LogP contribution is -2.30. The Morgan fingerprint density at radius 3 is 2.59 bits per heavy atom. The maximum Gasteiger partial charge on any atom is 0.245 e. The van der Waals surface area contributed by atoms with E-state index >= 15 is 0 Å². The van der Waals surface area contributed by atoms with E-state index in [9.17, 15) is 8.42 Å². The Balaban J connectivity index is 1.65. The van der Waals surface area contributed by atoms with Crippen molar-refractivity contribution in [2.45, 2.75) is 23.8 Å². The van der Waals surface area contributed by atoms with Gasteiger partial charge < -0.3 is 4.52 Å². The van der Waals surface area contributed by atoms with Crippen LogP contribution in [-0.2, 0) is 10.0 Å². The Labute approximate surface area is 166 Å². The molecule has 9 heteroatoms. The largest absolute Gasteiger partial charge is 0.337 e. The normalized spacial score (nSPS) is 18.1. The summed E-state index contributed by atoms with van der Waals surface area (Å²) in [6.07, 6.45) is 1.33. The van der Waals surface area contributed by atoms with E-state index in [4.69, 9.17) is 27.7 Å². The molecule has 1 aliphatic rings. The highest BCUT2D eigenvalue weighted by Gasteiger charge is 2.39. The zero-order valence-corrected chi connectivity index (χ0v) is 16.4. The monoisotopic (exact) mass is 423 g/mol. The Hall–Kier alpha value is -1.93. The van der Waals surface area contributed by atoms with Crippen LogP contribution in [0, 0.1) is 0 Å². The summed E-state index contributed by atoms with van der Waals surface area (Å²) in [5.74, 6) is 0.656. The molecule has 0 saturated carbocycles. The zero-order valence-electron chi connectivity index (χ0n) is 14.0. The smallest absolute Gasteiger partial charge is 0.245 e. The molecule has 0 spiro atoms. The minimum atomic E-state index is -3.69. The molecule has 1 unspecified atom stereocenters. The van der Waals surface area contributed by atoms with E-state index < -0.39 is 16.1 Å². The highest BCUT2D eigenvalue weighted by molar-refractivity contribution is 7.89. The molecule has 4 rings (SSSR count). The molecule has 0 aliphatic carbocycles. The van der Waals surface area contributed by atoms with Crippen LogP contribution in [-0.4, -0.2) is 29.4 Å². The van der Waals surface area contributed by atoms with Gasteiger partial charge in [0.25, 0.3) is 0 Å². The van der Waals surface area contributed by atoms with E-state index in [2.05, 4.69) is 10.1 Å². The van der Waals surface area contributed by atoms with E-state index in [0.29, 0.717) is 40.8 Å². The van der Waals surface area contributed by atoms with Crippen molar-refractivity contribution in [2.24, 2.45) is 0 Å². The van der Waals surface area contributed by atoms with Crippen molar-refractivity contribution in [2.75, 3.05) is 6.54 Å². The number of rotatable bonds is 4. The lowest BCUT2D eigenvalue weighted by Gasteiger charge is -2.21. The second kappa shape index (κ2) is 7.24. The Morgan fingerprint density at radius 1 is 1.07 bits per heavy atom. The SMILES string of the molecule is O=S(=O)(c1ccc(Cl)cc1)N1CCCC1c1nc(-c2cccc(Cl)c2)no1. The third kappa shape index (κ3) is 3.60. The minimum Gasteiger partial charge on any atom is -0.337 e. The van der Waals surface area contributed by atoms with Crippen LogP contribution < -0.4 is 0 Å². The molecule has 1 atom stereocenters. The maximum absolute atomic E-state index is 13.0. The van der Waals surface area contributed by atoms with E-state index in [0.717, 1.165) is 0 Å². The first-order valence-electron chi connectivity index (χ1n) is 8.32. The quantitative estimate of drug-likeness (QED) is 0.613. The third-order valence-corrected chi connectivity index (χ3v) is 6.84. The van der Waals surface area contributed by atoms with E-state index in [1.165, 1.54) is 16.4 Å². The average molecular weight is 424 g/mol. The number of sulfonamides is 1. The molecule has 0 N–H and O–H groups in total. The van der Waals surface area contributed by atoms with Crippen LogP contribution in [0.25, 0.3) is 11.4 Å². The highest BCUT2D eigenvalue weighted by Crippen LogP contribution is 2.36. The fourth-order valence-corrected chi connectivity index (χ4v) is 5.10. The molecule has 1 fully saturated rings. The minimum absolute atomic E-state index is 0.188. The molecule has 0 radical (unpaired) electrons. The van der Waals surface area contributed by atoms with Crippen LogP contribution >= 0.6 is 23.2 Å². The molecule has 1 aromatic heterocycles. The standard InChI is InChI=1S/C18H15Cl2N3O3S/c19-13-6-8-15(9-7-13)27(24,25)23-10-2-5-16(23)18-21-17(22-26-18)12-3-1-4-14(20)11-12/h1,3-4,6-9,11,16H,2,5,10H2. The van der Waals surface area contributed by atoms with Gasteiger partial charge in [0.2, 0.25) is 21.7 Å². The van der Waals surface area contributed by atoms with Crippen LogP contribution in [0.1, 0.15) is 24.8 Å². The van der Waals surface area contributed by atoms with Gasteiger partial charge in [0, 0.05) is 22.2 Å². The first-order chi connectivity index (χ1) is 12.9. The van der Waals surface area contributed by atoms with Gasteiger partial charge in [0.05, 0.1) is 4.90 Å². The molecule has 2 aromatic carbocycles. The Bertz CT molecular complexity index is 1070. The van der Waals surface area contributed by atoms with Crippen molar-refractivity contribution in [3.05, 3.63) is 64.5 Å². The summed E-state index contributed by atoms with van der Waals surface area (Å²) < 4.78 is 32.9. The number of aromatic nitrogens is 2. The first-order valence-corrected chi connectivity index (χ1v) is 10.5. The van der Waals surface area contributed by atoms with Crippen LogP contribution in [0.2, 0.25) is 10.0 Å². The van der Waals surface area contributed by atoms with Gasteiger partial charge in [-0.1, -0.05) is 40.5 Å². The second-order valence-corrected chi connectivity index (χ2v) is 8.96. The Morgan fingerprint density at radius 2 is 1.85 bits per heavy atom. The second-order valence-electron chi connectivity index (χ2n) is 6.19. The molecule has 6 nitrogen and oxygen atoms in total. The van der Waals surface area contributed by atoms with Gasteiger partial charge >= 0.3 is 0 Å². The molecule has 1 aliphatic heterocycles. The molecule has 2 heterocycles. The molecular weight excluding hydrogens is 409 g/mol. The van der Waals surface area contributed by atoms with Gasteiger partial charge in [-0.3, -0.25) is 0 Å². The lowest BCUT2D eigenvalue weighted by atomic mass is 10.2.